The topological polar surface area (TPSA) is 3.88 Å². The normalized spacial score (nSPS) is 9.57. The van der Waals surface area contributed by atoms with E-state index in [1.165, 1.54) is 31.5 Å². The Kier molecular flexibility index (Phi) is 7.50. The van der Waals surface area contributed by atoms with Crippen molar-refractivity contribution in [3.63, 3.8) is 0 Å². The lowest BCUT2D eigenvalue weighted by Crippen LogP contribution is -3.00. The molecule has 1 aromatic rings. The van der Waals surface area contributed by atoms with E-state index in [0.29, 0.717) is 0 Å². The molecular weight excluding hydrogens is 194 g/mol. The maximum absolute atomic E-state index is 2.37. The molecule has 0 aliphatic rings. The number of hydrogen-bond donors (Lipinski definition) is 0. The van der Waals surface area contributed by atoms with Crippen molar-refractivity contribution in [2.24, 2.45) is 0 Å². The van der Waals surface area contributed by atoms with Crippen molar-refractivity contribution in [3.05, 3.63) is 30.1 Å². The van der Waals surface area contributed by atoms with Crippen LogP contribution >= 0.6 is 0 Å². The van der Waals surface area contributed by atoms with Crippen molar-refractivity contribution < 1.29 is 17.0 Å². The fraction of sp³-hybridized carbons (Fsp3) is 0.583. The molecule has 0 saturated heterocycles. The number of aryl methyl sites for hydroxylation is 2. The van der Waals surface area contributed by atoms with Gasteiger partial charge < -0.3 is 12.4 Å². The summed E-state index contributed by atoms with van der Waals surface area (Å²) in [6, 6.07) is 6.45. The highest BCUT2D eigenvalue weighted by molar-refractivity contribution is 4.96. The van der Waals surface area contributed by atoms with Crippen LogP contribution in [0, 0.1) is 0 Å². The van der Waals surface area contributed by atoms with Crippen molar-refractivity contribution >= 4 is 0 Å². The average Bonchev–Trinajstić information content (AvgIpc) is 2.19. The van der Waals surface area contributed by atoms with Crippen molar-refractivity contribution in [1.82, 2.24) is 0 Å². The van der Waals surface area contributed by atoms with Gasteiger partial charge in [0.05, 0.1) is 0 Å². The highest BCUT2D eigenvalue weighted by Gasteiger charge is 2.05. The number of unbranched alkanes of at least 4 members (excludes halogenated alkanes) is 2. The molecule has 0 amide bonds. The maximum atomic E-state index is 2.37. The first kappa shape index (κ1) is 13.4. The molecule has 0 aliphatic heterocycles. The molecule has 1 heterocycles. The number of pyridine rings is 1. The molecule has 0 aromatic carbocycles. The molecule has 1 nitrogen and oxygen atoms in total. The molecule has 0 atom stereocenters. The second-order valence-electron chi connectivity index (χ2n) is 3.45. The third-order valence-electron chi connectivity index (χ3n) is 2.40. The predicted molar refractivity (Wildman–Crippen MR) is 55.5 cm³/mol. The zero-order chi connectivity index (χ0) is 9.52. The second-order valence-corrected chi connectivity index (χ2v) is 3.45. The lowest BCUT2D eigenvalue weighted by atomic mass is 10.2. The molecular formula is C12H20ClN. The molecule has 14 heavy (non-hydrogen) atoms. The average molecular weight is 214 g/mol. The molecule has 0 aliphatic carbocycles. The van der Waals surface area contributed by atoms with Crippen LogP contribution in [0.5, 0.6) is 0 Å². The van der Waals surface area contributed by atoms with Gasteiger partial charge in [-0.15, -0.1) is 0 Å². The molecule has 0 fully saturated rings. The largest absolute Gasteiger partial charge is 1.00 e. The van der Waals surface area contributed by atoms with Crippen LogP contribution in [0.25, 0.3) is 0 Å². The van der Waals surface area contributed by atoms with E-state index in [4.69, 9.17) is 0 Å². The van der Waals surface area contributed by atoms with Gasteiger partial charge in [0.25, 0.3) is 0 Å². The van der Waals surface area contributed by atoms with Crippen molar-refractivity contribution in [2.45, 2.75) is 46.1 Å². The van der Waals surface area contributed by atoms with Crippen molar-refractivity contribution in [1.29, 1.82) is 0 Å². The molecule has 0 N–H and O–H groups in total. The molecule has 0 unspecified atom stereocenters. The zero-order valence-electron chi connectivity index (χ0n) is 9.17. The zero-order valence-corrected chi connectivity index (χ0v) is 9.93. The van der Waals surface area contributed by atoms with E-state index in [0.717, 1.165) is 6.42 Å². The van der Waals surface area contributed by atoms with Gasteiger partial charge in [0.2, 0.25) is 0 Å². The quantitative estimate of drug-likeness (QED) is 0.469. The minimum Gasteiger partial charge on any atom is -1.00 e. The molecule has 1 rings (SSSR count). The summed E-state index contributed by atoms with van der Waals surface area (Å²) in [7, 11) is 0. The van der Waals surface area contributed by atoms with Gasteiger partial charge in [-0.25, -0.2) is 4.57 Å². The van der Waals surface area contributed by atoms with Crippen LogP contribution in [0.4, 0.5) is 0 Å². The van der Waals surface area contributed by atoms with Crippen LogP contribution < -0.4 is 17.0 Å². The fourth-order valence-electron chi connectivity index (χ4n) is 1.58. The van der Waals surface area contributed by atoms with Crippen LogP contribution in [-0.4, -0.2) is 0 Å². The van der Waals surface area contributed by atoms with Gasteiger partial charge in [-0.2, -0.15) is 0 Å². The third kappa shape index (κ3) is 4.10. The Morgan fingerprint density at radius 3 is 2.57 bits per heavy atom. The first-order valence-corrected chi connectivity index (χ1v) is 5.35. The Balaban J connectivity index is 0.00000169. The summed E-state index contributed by atoms with van der Waals surface area (Å²) in [6.07, 6.45) is 7.26. The van der Waals surface area contributed by atoms with Crippen LogP contribution in [0.3, 0.4) is 0 Å². The van der Waals surface area contributed by atoms with Gasteiger partial charge in [-0.1, -0.05) is 26.3 Å². The monoisotopic (exact) mass is 213 g/mol. The summed E-state index contributed by atoms with van der Waals surface area (Å²) in [5.41, 5.74) is 1.44. The second kappa shape index (κ2) is 7.81. The molecule has 0 radical (unpaired) electrons. The van der Waals surface area contributed by atoms with Gasteiger partial charge in [0, 0.05) is 25.0 Å². The molecule has 1 aromatic heterocycles. The molecule has 0 bridgehead atoms. The first-order chi connectivity index (χ1) is 6.38. The van der Waals surface area contributed by atoms with Gasteiger partial charge in [0.1, 0.15) is 6.54 Å². The minimum absolute atomic E-state index is 0. The van der Waals surface area contributed by atoms with Gasteiger partial charge in [-0.3, -0.25) is 0 Å². The maximum Gasteiger partial charge on any atom is 0.181 e. The van der Waals surface area contributed by atoms with E-state index in [1.807, 2.05) is 0 Å². The Morgan fingerprint density at radius 2 is 1.93 bits per heavy atom. The lowest BCUT2D eigenvalue weighted by Gasteiger charge is -2.00. The van der Waals surface area contributed by atoms with E-state index in [1.54, 1.807) is 0 Å². The van der Waals surface area contributed by atoms with Crippen LogP contribution in [0.1, 0.15) is 38.8 Å². The van der Waals surface area contributed by atoms with E-state index in [-0.39, 0.29) is 12.4 Å². The van der Waals surface area contributed by atoms with Crippen LogP contribution in [0.15, 0.2) is 24.4 Å². The lowest BCUT2D eigenvalue weighted by molar-refractivity contribution is -0.704. The summed E-state index contributed by atoms with van der Waals surface area (Å²) < 4.78 is 2.37. The number of halogens is 1. The van der Waals surface area contributed by atoms with Crippen LogP contribution in [-0.2, 0) is 13.0 Å². The fourth-order valence-corrected chi connectivity index (χ4v) is 1.58. The molecule has 0 spiro atoms. The summed E-state index contributed by atoms with van der Waals surface area (Å²) in [5, 5.41) is 0. The van der Waals surface area contributed by atoms with Crippen molar-refractivity contribution in [3.8, 4) is 0 Å². The highest BCUT2D eigenvalue weighted by atomic mass is 35.5. The first-order valence-electron chi connectivity index (χ1n) is 5.35. The smallest absolute Gasteiger partial charge is 0.181 e. The number of rotatable bonds is 5. The molecule has 2 heteroatoms. The Labute approximate surface area is 93.6 Å². The van der Waals surface area contributed by atoms with Gasteiger partial charge in [0.15, 0.2) is 11.9 Å². The van der Waals surface area contributed by atoms with Crippen molar-refractivity contribution in [2.75, 3.05) is 0 Å². The minimum atomic E-state index is 0. The number of hydrogen-bond acceptors (Lipinski definition) is 0. The number of nitrogens with zero attached hydrogens (tertiary/aromatic N) is 1. The highest BCUT2D eigenvalue weighted by Crippen LogP contribution is 1.96. The Bertz CT molecular complexity index is 248. The number of aromatic nitrogens is 1. The summed E-state index contributed by atoms with van der Waals surface area (Å²) >= 11 is 0. The van der Waals surface area contributed by atoms with E-state index in [2.05, 4.69) is 42.8 Å². The summed E-state index contributed by atoms with van der Waals surface area (Å²) in [6.45, 7) is 5.64. The SMILES string of the molecule is CCCCC[n+]1ccccc1CC.[Cl-]. The molecule has 80 valence electrons. The van der Waals surface area contributed by atoms with Crippen LogP contribution in [0.2, 0.25) is 0 Å². The third-order valence-corrected chi connectivity index (χ3v) is 2.40. The van der Waals surface area contributed by atoms with E-state index >= 15 is 0 Å². The Morgan fingerprint density at radius 1 is 1.14 bits per heavy atom. The summed E-state index contributed by atoms with van der Waals surface area (Å²) in [4.78, 5) is 0. The summed E-state index contributed by atoms with van der Waals surface area (Å²) in [5.74, 6) is 0. The standard InChI is InChI=1S/C12H20N.ClH/c1-3-5-7-10-13-11-8-6-9-12(13)4-2;/h6,8-9,11H,3-5,7,10H2,1-2H3;1H/q+1;/p-1. The Hall–Kier alpha value is -0.560. The van der Waals surface area contributed by atoms with E-state index in [9.17, 15) is 0 Å². The molecule has 0 saturated carbocycles. The van der Waals surface area contributed by atoms with Gasteiger partial charge >= 0.3 is 0 Å². The predicted octanol–water partition coefficient (Wildman–Crippen LogP) is -0.269. The van der Waals surface area contributed by atoms with Gasteiger partial charge in [-0.05, 0) is 6.42 Å². The van der Waals surface area contributed by atoms with E-state index < -0.39 is 0 Å².